The third-order valence-electron chi connectivity index (χ3n) is 6.12. The Morgan fingerprint density at radius 3 is 2.34 bits per heavy atom. The summed E-state index contributed by atoms with van der Waals surface area (Å²) >= 11 is 0. The van der Waals surface area contributed by atoms with Crippen molar-refractivity contribution in [2.75, 3.05) is 36.4 Å². The zero-order valence-corrected chi connectivity index (χ0v) is 17.5. The number of hydrogen-bond donors (Lipinski definition) is 1. The third-order valence-corrected chi connectivity index (χ3v) is 6.12. The van der Waals surface area contributed by atoms with Gasteiger partial charge in [-0.3, -0.25) is 4.79 Å². The van der Waals surface area contributed by atoms with E-state index in [0.29, 0.717) is 17.4 Å². The fourth-order valence-corrected chi connectivity index (χ4v) is 4.22. The fraction of sp³-hybridized carbons (Fsp3) is 0.522. The Kier molecular flexibility index (Phi) is 5.97. The third kappa shape index (κ3) is 4.86. The number of hydrogen-bond acceptors (Lipinski definition) is 5. The second-order valence-electron chi connectivity index (χ2n) is 8.64. The van der Waals surface area contributed by atoms with Crippen molar-refractivity contribution in [2.24, 2.45) is 11.8 Å². The van der Waals surface area contributed by atoms with E-state index in [1.807, 2.05) is 11.0 Å². The summed E-state index contributed by atoms with van der Waals surface area (Å²) in [6.45, 7) is 8.40. The molecule has 1 atom stereocenters. The van der Waals surface area contributed by atoms with Crippen molar-refractivity contribution in [3.8, 4) is 0 Å². The van der Waals surface area contributed by atoms with Crippen LogP contribution in [0.3, 0.4) is 0 Å². The first-order valence-electron chi connectivity index (χ1n) is 10.8. The van der Waals surface area contributed by atoms with Gasteiger partial charge < -0.3 is 15.1 Å². The number of carbonyl (C=O) groups is 1. The average molecular weight is 394 g/mol. The minimum atomic E-state index is -0.0178. The quantitative estimate of drug-likeness (QED) is 0.838. The van der Waals surface area contributed by atoms with Crippen LogP contribution in [0.1, 0.15) is 50.0 Å². The summed E-state index contributed by atoms with van der Waals surface area (Å²) < 4.78 is 0. The Balaban J connectivity index is 1.35. The predicted octanol–water partition coefficient (Wildman–Crippen LogP) is 4.33. The molecule has 6 nitrogen and oxygen atoms in total. The first kappa shape index (κ1) is 19.7. The predicted molar refractivity (Wildman–Crippen MR) is 117 cm³/mol. The molecular formula is C23H31N5O. The molecule has 1 amide bonds. The van der Waals surface area contributed by atoms with Gasteiger partial charge in [-0.2, -0.15) is 0 Å². The van der Waals surface area contributed by atoms with E-state index in [2.05, 4.69) is 58.5 Å². The Bertz CT molecular complexity index is 812. The highest BCUT2D eigenvalue weighted by Crippen LogP contribution is 2.25. The lowest BCUT2D eigenvalue weighted by atomic mass is 9.99. The van der Waals surface area contributed by atoms with Crippen LogP contribution in [0.25, 0.3) is 0 Å². The lowest BCUT2D eigenvalue weighted by Gasteiger charge is -2.32. The molecular weight excluding hydrogens is 362 g/mol. The van der Waals surface area contributed by atoms with Crippen LogP contribution in [-0.2, 0) is 0 Å². The van der Waals surface area contributed by atoms with Crippen molar-refractivity contribution in [1.82, 2.24) is 15.1 Å². The van der Waals surface area contributed by atoms with Gasteiger partial charge in [-0.15, -0.1) is 10.2 Å². The first-order valence-corrected chi connectivity index (χ1v) is 10.8. The number of likely N-dealkylation sites (tertiary alicyclic amines) is 1. The minimum absolute atomic E-state index is 0.0178. The molecule has 3 heterocycles. The average Bonchev–Trinajstić information content (AvgIpc) is 2.75. The number of carbonyl (C=O) groups excluding carboxylic acids is 1. The molecule has 2 aliphatic rings. The van der Waals surface area contributed by atoms with E-state index in [-0.39, 0.29) is 5.91 Å². The number of aromatic nitrogens is 2. The summed E-state index contributed by atoms with van der Waals surface area (Å²) in [6, 6.07) is 12.0. The summed E-state index contributed by atoms with van der Waals surface area (Å²) in [5, 5.41) is 11.6. The molecule has 2 saturated heterocycles. The molecule has 29 heavy (non-hydrogen) atoms. The smallest absolute Gasteiger partial charge is 0.274 e. The van der Waals surface area contributed by atoms with Crippen LogP contribution >= 0.6 is 0 Å². The van der Waals surface area contributed by atoms with Crippen LogP contribution in [0.5, 0.6) is 0 Å². The van der Waals surface area contributed by atoms with Gasteiger partial charge >= 0.3 is 0 Å². The molecule has 0 aliphatic carbocycles. The molecule has 6 heteroatoms. The Morgan fingerprint density at radius 1 is 0.931 bits per heavy atom. The molecule has 2 aromatic rings. The molecule has 1 aromatic carbocycles. The van der Waals surface area contributed by atoms with Crippen LogP contribution in [0.4, 0.5) is 17.2 Å². The molecule has 0 spiro atoms. The molecule has 1 N–H and O–H groups in total. The largest absolute Gasteiger partial charge is 0.372 e. The molecule has 2 fully saturated rings. The van der Waals surface area contributed by atoms with Crippen LogP contribution in [0, 0.1) is 11.8 Å². The van der Waals surface area contributed by atoms with Crippen molar-refractivity contribution in [3.63, 3.8) is 0 Å². The van der Waals surface area contributed by atoms with E-state index in [4.69, 9.17) is 0 Å². The monoisotopic (exact) mass is 393 g/mol. The van der Waals surface area contributed by atoms with Gasteiger partial charge in [0, 0.05) is 37.6 Å². The standard InChI is InChI=1S/C23H31N5O/c1-17-11-14-27(15-12-17)20-7-5-19(6-8-20)24-22-10-9-21(25-26-22)23(29)28-13-3-4-18(2)16-28/h5-10,17-18H,3-4,11-16H2,1-2H3,(H,24,26). The highest BCUT2D eigenvalue weighted by atomic mass is 16.2. The van der Waals surface area contributed by atoms with E-state index in [9.17, 15) is 4.79 Å². The number of rotatable bonds is 4. The van der Waals surface area contributed by atoms with Gasteiger partial charge in [-0.25, -0.2) is 0 Å². The molecule has 2 aliphatic heterocycles. The lowest BCUT2D eigenvalue weighted by Crippen LogP contribution is -2.39. The number of benzene rings is 1. The van der Waals surface area contributed by atoms with E-state index >= 15 is 0 Å². The number of anilines is 3. The first-order chi connectivity index (χ1) is 14.1. The maximum absolute atomic E-state index is 12.6. The summed E-state index contributed by atoms with van der Waals surface area (Å²) in [5.41, 5.74) is 2.65. The Hall–Kier alpha value is -2.63. The van der Waals surface area contributed by atoms with Gasteiger partial charge in [0.25, 0.3) is 5.91 Å². The van der Waals surface area contributed by atoms with Crippen LogP contribution in [0.15, 0.2) is 36.4 Å². The van der Waals surface area contributed by atoms with Gasteiger partial charge in [0.05, 0.1) is 0 Å². The molecule has 1 aromatic heterocycles. The highest BCUT2D eigenvalue weighted by Gasteiger charge is 2.23. The van der Waals surface area contributed by atoms with Crippen LogP contribution in [0.2, 0.25) is 0 Å². The normalized spacial score (nSPS) is 20.6. The number of amides is 1. The van der Waals surface area contributed by atoms with Crippen molar-refractivity contribution >= 4 is 23.1 Å². The topological polar surface area (TPSA) is 61.4 Å². The maximum Gasteiger partial charge on any atom is 0.274 e. The second-order valence-corrected chi connectivity index (χ2v) is 8.64. The van der Waals surface area contributed by atoms with Gasteiger partial charge in [0.1, 0.15) is 0 Å². The van der Waals surface area contributed by atoms with E-state index < -0.39 is 0 Å². The van der Waals surface area contributed by atoms with E-state index in [0.717, 1.165) is 44.2 Å². The van der Waals surface area contributed by atoms with Gasteiger partial charge in [0.2, 0.25) is 0 Å². The van der Waals surface area contributed by atoms with Crippen LogP contribution < -0.4 is 10.2 Å². The number of nitrogens with zero attached hydrogens (tertiary/aromatic N) is 4. The summed E-state index contributed by atoms with van der Waals surface area (Å²) in [5.74, 6) is 2.01. The Morgan fingerprint density at radius 2 is 1.69 bits per heavy atom. The zero-order chi connectivity index (χ0) is 20.2. The second kappa shape index (κ2) is 8.80. The lowest BCUT2D eigenvalue weighted by molar-refractivity contribution is 0.0676. The zero-order valence-electron chi connectivity index (χ0n) is 17.5. The van der Waals surface area contributed by atoms with Gasteiger partial charge in [-0.1, -0.05) is 13.8 Å². The van der Waals surface area contributed by atoms with Gasteiger partial charge in [-0.05, 0) is 73.9 Å². The van der Waals surface area contributed by atoms with Crippen molar-refractivity contribution < 1.29 is 4.79 Å². The summed E-state index contributed by atoms with van der Waals surface area (Å²) in [4.78, 5) is 17.0. The molecule has 0 saturated carbocycles. The molecule has 0 radical (unpaired) electrons. The maximum atomic E-state index is 12.6. The summed E-state index contributed by atoms with van der Waals surface area (Å²) in [7, 11) is 0. The number of piperidine rings is 2. The van der Waals surface area contributed by atoms with Crippen molar-refractivity contribution in [3.05, 3.63) is 42.1 Å². The van der Waals surface area contributed by atoms with Crippen LogP contribution in [-0.4, -0.2) is 47.2 Å². The van der Waals surface area contributed by atoms with E-state index in [1.165, 1.54) is 24.9 Å². The number of nitrogens with one attached hydrogen (secondary N) is 1. The minimum Gasteiger partial charge on any atom is -0.372 e. The summed E-state index contributed by atoms with van der Waals surface area (Å²) in [6.07, 6.45) is 4.77. The highest BCUT2D eigenvalue weighted by molar-refractivity contribution is 5.92. The van der Waals surface area contributed by atoms with E-state index in [1.54, 1.807) is 6.07 Å². The molecule has 154 valence electrons. The SMILES string of the molecule is CC1CCN(c2ccc(Nc3ccc(C(=O)N4CCCC(C)C4)nn3)cc2)CC1. The van der Waals surface area contributed by atoms with Crippen molar-refractivity contribution in [1.29, 1.82) is 0 Å². The van der Waals surface area contributed by atoms with Crippen molar-refractivity contribution in [2.45, 2.75) is 39.5 Å². The molecule has 4 rings (SSSR count). The molecule has 0 bridgehead atoms. The fourth-order valence-electron chi connectivity index (χ4n) is 4.22. The molecule has 1 unspecified atom stereocenters. The van der Waals surface area contributed by atoms with Gasteiger partial charge in [0.15, 0.2) is 11.5 Å². The Labute approximate surface area is 173 Å².